The van der Waals surface area contributed by atoms with E-state index in [0.717, 1.165) is 6.07 Å². The van der Waals surface area contributed by atoms with E-state index in [-0.39, 0.29) is 72.5 Å². The fraction of sp³-hybridized carbons (Fsp3) is 0.548. The molecule has 1 N–H and O–H groups in total. The van der Waals surface area contributed by atoms with Crippen molar-refractivity contribution in [2.24, 2.45) is 11.3 Å². The summed E-state index contributed by atoms with van der Waals surface area (Å²) < 4.78 is 124. The lowest BCUT2D eigenvalue weighted by Crippen LogP contribution is -2.54. The molecule has 1 saturated carbocycles. The topological polar surface area (TPSA) is 91.8 Å². The monoisotopic (exact) mass is 697 g/mol. The van der Waals surface area contributed by atoms with Crippen LogP contribution in [0.25, 0.3) is 0 Å². The normalized spacial score (nSPS) is 27.2. The van der Waals surface area contributed by atoms with E-state index in [9.17, 15) is 49.5 Å². The van der Waals surface area contributed by atoms with E-state index in [1.54, 1.807) is 13.8 Å². The van der Waals surface area contributed by atoms with Gasteiger partial charge in [-0.2, -0.15) is 26.3 Å². The summed E-state index contributed by atoms with van der Waals surface area (Å²) in [4.78, 5) is 26.9. The molecule has 2 aromatic rings. The summed E-state index contributed by atoms with van der Waals surface area (Å²) in [7, 11) is -4.51. The number of halogens is 8. The van der Waals surface area contributed by atoms with E-state index in [4.69, 9.17) is 11.6 Å². The maximum absolute atomic E-state index is 15.1. The molecule has 0 spiro atoms. The molecule has 15 heteroatoms. The molecule has 0 radical (unpaired) electrons. The minimum Gasteiger partial charge on any atom is -0.481 e. The Morgan fingerprint density at radius 2 is 1.54 bits per heavy atom. The maximum atomic E-state index is 15.1. The van der Waals surface area contributed by atoms with Crippen molar-refractivity contribution in [3.8, 4) is 0 Å². The Bertz CT molecular complexity index is 1670. The Morgan fingerprint density at radius 1 is 0.935 bits per heavy atom. The van der Waals surface area contributed by atoms with Gasteiger partial charge in [-0.05, 0) is 93.7 Å². The second-order valence-electron chi connectivity index (χ2n) is 12.8. The third kappa shape index (κ3) is 5.00. The number of aryl methyl sites for hydroxylation is 2. The van der Waals surface area contributed by atoms with E-state index in [2.05, 4.69) is 0 Å². The van der Waals surface area contributed by atoms with Gasteiger partial charge in [-0.1, -0.05) is 29.8 Å². The van der Waals surface area contributed by atoms with E-state index in [1.807, 2.05) is 0 Å². The molecule has 46 heavy (non-hydrogen) atoms. The Morgan fingerprint density at radius 3 is 2.09 bits per heavy atom. The zero-order chi connectivity index (χ0) is 34.3. The van der Waals surface area contributed by atoms with Crippen LogP contribution in [0.2, 0.25) is 5.02 Å². The van der Waals surface area contributed by atoms with Crippen molar-refractivity contribution in [2.75, 3.05) is 6.54 Å². The highest BCUT2D eigenvalue weighted by atomic mass is 35.5. The van der Waals surface area contributed by atoms with Crippen LogP contribution in [0.1, 0.15) is 67.7 Å². The van der Waals surface area contributed by atoms with Crippen LogP contribution in [0.3, 0.4) is 0 Å². The molecule has 3 aliphatic rings. The number of benzene rings is 2. The molecule has 1 aliphatic heterocycles. The van der Waals surface area contributed by atoms with Crippen LogP contribution in [0.15, 0.2) is 41.3 Å². The van der Waals surface area contributed by atoms with Crippen molar-refractivity contribution in [3.05, 3.63) is 63.7 Å². The van der Waals surface area contributed by atoms with Crippen molar-refractivity contribution in [1.82, 2.24) is 4.90 Å². The number of alkyl halides is 7. The Hall–Kier alpha value is -2.87. The number of rotatable bonds is 5. The summed E-state index contributed by atoms with van der Waals surface area (Å²) in [5.41, 5.74) is -8.31. The number of amides is 1. The summed E-state index contributed by atoms with van der Waals surface area (Å²) in [5.74, 6) is -1.98. The maximum Gasteiger partial charge on any atom is 0.435 e. The Balaban J connectivity index is 1.63. The molecule has 2 aromatic carbocycles. The minimum atomic E-state index is -6.35. The first-order valence-electron chi connectivity index (χ1n) is 14.6. The highest BCUT2D eigenvalue weighted by Crippen LogP contribution is 2.57. The first-order chi connectivity index (χ1) is 21.1. The van der Waals surface area contributed by atoms with Gasteiger partial charge in [0, 0.05) is 23.0 Å². The largest absolute Gasteiger partial charge is 0.481 e. The quantitative estimate of drug-likeness (QED) is 0.328. The molecule has 2 aliphatic carbocycles. The van der Waals surface area contributed by atoms with Crippen LogP contribution in [-0.2, 0) is 36.3 Å². The number of carbonyl (C=O) groups excluding carboxylic acids is 1. The predicted octanol–water partition coefficient (Wildman–Crippen LogP) is 7.44. The summed E-state index contributed by atoms with van der Waals surface area (Å²) in [5, 5.41) is 9.85. The number of carbonyl (C=O) groups is 2. The molecule has 0 bridgehead atoms. The van der Waals surface area contributed by atoms with Crippen LogP contribution < -0.4 is 0 Å². The van der Waals surface area contributed by atoms with Crippen molar-refractivity contribution < 1.29 is 53.8 Å². The van der Waals surface area contributed by atoms with E-state index in [1.165, 1.54) is 23.1 Å². The molecule has 5 rings (SSSR count). The molecule has 2 unspecified atom stereocenters. The SMILES string of the molecule is Cc1cc(S(=O)(=O)C23CCN(C(=O)[C@H]4CC[C@](C)(C(=O)O)CC4)C2CCc2cc(C(F)(C(F)(F)F)C(F)(F)F)ccc23)ccc1Cl. The number of nitrogens with zero attached hydrogens (tertiary/aromatic N) is 1. The highest BCUT2D eigenvalue weighted by molar-refractivity contribution is 7.92. The summed E-state index contributed by atoms with van der Waals surface area (Å²) >= 11 is 6.13. The van der Waals surface area contributed by atoms with Crippen LogP contribution in [0.5, 0.6) is 0 Å². The number of carboxylic acids is 1. The van der Waals surface area contributed by atoms with Crippen LogP contribution >= 0.6 is 11.6 Å². The van der Waals surface area contributed by atoms with E-state index in [0.29, 0.717) is 17.7 Å². The average Bonchev–Trinajstić information content (AvgIpc) is 3.38. The van der Waals surface area contributed by atoms with Gasteiger partial charge in [-0.25, -0.2) is 12.8 Å². The number of aliphatic carboxylic acids is 1. The molecule has 6 nitrogen and oxygen atoms in total. The average molecular weight is 698 g/mol. The van der Waals surface area contributed by atoms with Crippen molar-refractivity contribution in [2.45, 2.75) is 92.5 Å². The van der Waals surface area contributed by atoms with Gasteiger partial charge in [-0.15, -0.1) is 0 Å². The van der Waals surface area contributed by atoms with Gasteiger partial charge >= 0.3 is 24.0 Å². The summed E-state index contributed by atoms with van der Waals surface area (Å²) in [6.45, 7) is 3.07. The fourth-order valence-corrected chi connectivity index (χ4v) is 10.0. The second-order valence-corrected chi connectivity index (χ2v) is 15.4. The lowest BCUT2D eigenvalue weighted by atomic mass is 9.71. The number of carboxylic acid groups (broad SMARTS) is 1. The lowest BCUT2D eigenvalue weighted by molar-refractivity contribution is -0.348. The number of sulfone groups is 1. The summed E-state index contributed by atoms with van der Waals surface area (Å²) in [6.07, 6.45) is -12.4. The van der Waals surface area contributed by atoms with Crippen molar-refractivity contribution >= 4 is 33.3 Å². The van der Waals surface area contributed by atoms with Crippen LogP contribution in [0.4, 0.5) is 30.7 Å². The predicted molar refractivity (Wildman–Crippen MR) is 153 cm³/mol. The lowest BCUT2D eigenvalue weighted by Gasteiger charge is -2.44. The number of hydrogen-bond donors (Lipinski definition) is 1. The van der Waals surface area contributed by atoms with E-state index >= 15 is 4.39 Å². The van der Waals surface area contributed by atoms with Gasteiger partial charge in [-0.3, -0.25) is 9.59 Å². The highest BCUT2D eigenvalue weighted by Gasteiger charge is 2.74. The molecule has 252 valence electrons. The zero-order valence-corrected chi connectivity index (χ0v) is 26.3. The third-order valence-electron chi connectivity index (χ3n) is 10.2. The van der Waals surface area contributed by atoms with Crippen LogP contribution in [0, 0.1) is 18.3 Å². The van der Waals surface area contributed by atoms with Gasteiger partial charge in [0.05, 0.1) is 16.4 Å². The molecule has 1 saturated heterocycles. The van der Waals surface area contributed by atoms with Gasteiger partial charge in [0.2, 0.25) is 5.91 Å². The van der Waals surface area contributed by atoms with Crippen molar-refractivity contribution in [1.29, 1.82) is 0 Å². The Kier molecular flexibility index (Phi) is 8.32. The molecular formula is C31H31ClF7NO5S. The van der Waals surface area contributed by atoms with Crippen LogP contribution in [-0.4, -0.2) is 55.2 Å². The first kappa shape index (κ1) is 34.5. The molecular weight excluding hydrogens is 667 g/mol. The zero-order valence-electron chi connectivity index (χ0n) is 24.7. The number of likely N-dealkylation sites (tertiary alicyclic amines) is 1. The van der Waals surface area contributed by atoms with Gasteiger partial charge in [0.25, 0.3) is 0 Å². The first-order valence-corrected chi connectivity index (χ1v) is 16.5. The van der Waals surface area contributed by atoms with E-state index < -0.39 is 67.4 Å². The number of hydrogen-bond acceptors (Lipinski definition) is 4. The van der Waals surface area contributed by atoms with Gasteiger partial charge in [0.1, 0.15) is 4.75 Å². The molecule has 0 aromatic heterocycles. The molecule has 1 amide bonds. The Labute approximate surface area is 265 Å². The van der Waals surface area contributed by atoms with Crippen molar-refractivity contribution in [3.63, 3.8) is 0 Å². The fourth-order valence-electron chi connectivity index (χ4n) is 7.44. The molecule has 1 heterocycles. The van der Waals surface area contributed by atoms with Gasteiger partial charge in [0.15, 0.2) is 9.84 Å². The second kappa shape index (κ2) is 11.1. The standard InChI is InChI=1S/C31H31ClF7NO5S/c1-17-15-21(5-7-23(17)32)46(44,45)28-13-14-40(25(41)18-9-11-27(2,12-10-18)26(42)43)24(28)8-3-19-16-20(4-6-22(19)28)29(33,30(34,35)36)31(37,38)39/h4-7,15-16,18,24H,3,8-14H2,1-2H3,(H,42,43)/t18-,24?,27-,28?. The molecule has 2 fully saturated rings. The third-order valence-corrected chi connectivity index (χ3v) is 13.2. The number of fused-ring (bicyclic) bond motifs is 3. The smallest absolute Gasteiger partial charge is 0.435 e. The molecule has 2 atom stereocenters. The minimum absolute atomic E-state index is 0.0820. The summed E-state index contributed by atoms with van der Waals surface area (Å²) in [6, 6.07) is 4.44. The van der Waals surface area contributed by atoms with Gasteiger partial charge < -0.3 is 10.0 Å².